The number of anilines is 2. The van der Waals surface area contributed by atoms with Crippen LogP contribution in [-0.4, -0.2) is 50.2 Å². The smallest absolute Gasteiger partial charge is 0.407 e. The summed E-state index contributed by atoms with van der Waals surface area (Å²) >= 11 is 0. The summed E-state index contributed by atoms with van der Waals surface area (Å²) in [5.74, 6) is -0.168. The van der Waals surface area contributed by atoms with E-state index >= 15 is 0 Å². The van der Waals surface area contributed by atoms with E-state index in [2.05, 4.69) is 20.3 Å². The van der Waals surface area contributed by atoms with Gasteiger partial charge in [-0.3, -0.25) is 0 Å². The molecule has 2 aromatic heterocycles. The first-order chi connectivity index (χ1) is 15.0. The number of nitrogens with two attached hydrogens (primary N) is 1. The van der Waals surface area contributed by atoms with E-state index in [4.69, 9.17) is 10.5 Å². The molecule has 3 aromatic rings. The molecule has 9 nitrogen and oxygen atoms in total. The maximum Gasteiger partial charge on any atom is 0.407 e. The van der Waals surface area contributed by atoms with Gasteiger partial charge in [-0.15, -0.1) is 0 Å². The Bertz CT molecular complexity index is 1100. The van der Waals surface area contributed by atoms with E-state index in [1.54, 1.807) is 30.5 Å². The molecule has 0 spiro atoms. The largest absolute Gasteiger partial charge is 0.465 e. The van der Waals surface area contributed by atoms with Crippen molar-refractivity contribution in [3.05, 3.63) is 54.6 Å². The lowest BCUT2D eigenvalue weighted by Gasteiger charge is -2.31. The number of carbonyl (C=O) groups is 1. The van der Waals surface area contributed by atoms with Gasteiger partial charge in [0.15, 0.2) is 11.6 Å². The zero-order valence-electron chi connectivity index (χ0n) is 16.5. The molecule has 1 aromatic carbocycles. The van der Waals surface area contributed by atoms with Gasteiger partial charge in [0.05, 0.1) is 16.9 Å². The van der Waals surface area contributed by atoms with Gasteiger partial charge in [0, 0.05) is 31.5 Å². The molecular formula is C21H21FN6O3. The number of hydrogen-bond donors (Lipinski definition) is 3. The van der Waals surface area contributed by atoms with Crippen molar-refractivity contribution in [3.8, 4) is 22.9 Å². The van der Waals surface area contributed by atoms with Crippen LogP contribution in [0, 0.1) is 5.82 Å². The number of nitrogens with zero attached hydrogens (tertiary/aromatic N) is 4. The topological polar surface area (TPSA) is 126 Å². The fourth-order valence-electron chi connectivity index (χ4n) is 3.41. The van der Waals surface area contributed by atoms with Gasteiger partial charge in [-0.05, 0) is 43.2 Å². The van der Waals surface area contributed by atoms with E-state index in [1.165, 1.54) is 23.2 Å². The number of amides is 1. The van der Waals surface area contributed by atoms with Crippen molar-refractivity contribution in [2.45, 2.75) is 18.9 Å². The molecule has 0 bridgehead atoms. The summed E-state index contributed by atoms with van der Waals surface area (Å²) in [5.41, 5.74) is 6.67. The number of piperidine rings is 1. The highest BCUT2D eigenvalue weighted by Crippen LogP contribution is 2.33. The molecule has 31 heavy (non-hydrogen) atoms. The molecule has 10 heteroatoms. The van der Waals surface area contributed by atoms with Crippen molar-refractivity contribution in [2.24, 2.45) is 0 Å². The molecule has 3 heterocycles. The molecule has 0 radical (unpaired) electrons. The van der Waals surface area contributed by atoms with Crippen LogP contribution in [0.1, 0.15) is 12.8 Å². The Morgan fingerprint density at radius 3 is 2.94 bits per heavy atom. The lowest BCUT2D eigenvalue weighted by atomic mass is 10.1. The highest BCUT2D eigenvalue weighted by Gasteiger charge is 2.24. The van der Waals surface area contributed by atoms with Crippen LogP contribution in [0.2, 0.25) is 0 Å². The Kier molecular flexibility index (Phi) is 5.78. The van der Waals surface area contributed by atoms with E-state index in [-0.39, 0.29) is 23.4 Å². The maximum atomic E-state index is 14.3. The lowest BCUT2D eigenvalue weighted by Crippen LogP contribution is -2.44. The highest BCUT2D eigenvalue weighted by molar-refractivity contribution is 5.66. The van der Waals surface area contributed by atoms with Gasteiger partial charge < -0.3 is 25.8 Å². The second-order valence-corrected chi connectivity index (χ2v) is 7.10. The fourth-order valence-corrected chi connectivity index (χ4v) is 3.41. The zero-order chi connectivity index (χ0) is 21.8. The molecule has 4 N–H and O–H groups in total. The van der Waals surface area contributed by atoms with Crippen LogP contribution in [0.25, 0.3) is 11.3 Å². The number of halogens is 1. The number of rotatable bonds is 5. The number of nitrogens with one attached hydrogen (secondary N) is 1. The number of benzene rings is 1. The Hall–Kier alpha value is -3.95. The van der Waals surface area contributed by atoms with E-state index in [1.807, 2.05) is 0 Å². The van der Waals surface area contributed by atoms with Crippen molar-refractivity contribution >= 4 is 17.7 Å². The summed E-state index contributed by atoms with van der Waals surface area (Å²) in [4.78, 5) is 25.6. The summed E-state index contributed by atoms with van der Waals surface area (Å²) in [6.07, 6.45) is 3.75. The fraction of sp³-hybridized carbons (Fsp3) is 0.238. The van der Waals surface area contributed by atoms with Crippen molar-refractivity contribution < 1.29 is 19.0 Å². The number of nitrogen functional groups attached to an aromatic ring is 1. The summed E-state index contributed by atoms with van der Waals surface area (Å²) in [6.45, 7) is 0.879. The second kappa shape index (κ2) is 8.82. The van der Waals surface area contributed by atoms with Crippen molar-refractivity contribution in [3.63, 3.8) is 0 Å². The Morgan fingerprint density at radius 2 is 2.10 bits per heavy atom. The van der Waals surface area contributed by atoms with E-state index < -0.39 is 11.9 Å². The molecular weight excluding hydrogens is 403 g/mol. The molecule has 0 aliphatic carbocycles. The van der Waals surface area contributed by atoms with Gasteiger partial charge in [0.1, 0.15) is 0 Å². The Morgan fingerprint density at radius 1 is 1.23 bits per heavy atom. The number of pyridine rings is 1. The standard InChI is InChI=1S/C21H21FN6O3/c22-18-15(23)6-1-7-17(18)31-19-14(5-2-9-24-19)16-8-10-25-20(27-16)26-13-4-3-11-28(12-13)21(29)30/h1-2,5-10,13H,3-4,11-12,23H2,(H,29,30)(H,25,26,27)/t13-/m0/s1. The normalized spacial score (nSPS) is 16.0. The minimum atomic E-state index is -0.938. The van der Waals surface area contributed by atoms with Crippen molar-refractivity contribution in [1.29, 1.82) is 0 Å². The number of carboxylic acid groups (broad SMARTS) is 1. The van der Waals surface area contributed by atoms with Crippen LogP contribution in [0.15, 0.2) is 48.8 Å². The molecule has 1 fully saturated rings. The van der Waals surface area contributed by atoms with Gasteiger partial charge in [0.25, 0.3) is 0 Å². The van der Waals surface area contributed by atoms with Gasteiger partial charge in [-0.25, -0.2) is 24.1 Å². The third kappa shape index (κ3) is 4.63. The monoisotopic (exact) mass is 424 g/mol. The van der Waals surface area contributed by atoms with Crippen LogP contribution in [0.5, 0.6) is 11.6 Å². The number of aromatic nitrogens is 3. The molecule has 1 aliphatic heterocycles. The first-order valence-corrected chi connectivity index (χ1v) is 9.76. The Labute approximate surface area is 177 Å². The maximum absolute atomic E-state index is 14.3. The summed E-state index contributed by atoms with van der Waals surface area (Å²) in [7, 11) is 0. The molecule has 0 saturated carbocycles. The van der Waals surface area contributed by atoms with Gasteiger partial charge >= 0.3 is 6.09 Å². The molecule has 1 amide bonds. The third-order valence-electron chi connectivity index (χ3n) is 4.93. The zero-order valence-corrected chi connectivity index (χ0v) is 16.5. The summed E-state index contributed by atoms with van der Waals surface area (Å²) < 4.78 is 20.0. The molecule has 160 valence electrons. The van der Waals surface area contributed by atoms with Crippen LogP contribution in [0.3, 0.4) is 0 Å². The van der Waals surface area contributed by atoms with E-state index in [0.717, 1.165) is 12.8 Å². The van der Waals surface area contributed by atoms with Gasteiger partial charge in [-0.1, -0.05) is 6.07 Å². The minimum absolute atomic E-state index is 0.0219. The molecule has 0 unspecified atom stereocenters. The highest BCUT2D eigenvalue weighted by atomic mass is 19.1. The van der Waals surface area contributed by atoms with E-state index in [9.17, 15) is 14.3 Å². The minimum Gasteiger partial charge on any atom is -0.465 e. The molecule has 1 aliphatic rings. The van der Waals surface area contributed by atoms with Crippen LogP contribution < -0.4 is 15.8 Å². The van der Waals surface area contributed by atoms with Gasteiger partial charge in [0.2, 0.25) is 11.8 Å². The number of hydrogen-bond acceptors (Lipinski definition) is 7. The molecule has 4 rings (SSSR count). The summed E-state index contributed by atoms with van der Waals surface area (Å²) in [6, 6.07) is 9.58. The van der Waals surface area contributed by atoms with Crippen LogP contribution >= 0.6 is 0 Å². The summed E-state index contributed by atoms with van der Waals surface area (Å²) in [5, 5.41) is 12.4. The first-order valence-electron chi connectivity index (χ1n) is 9.76. The third-order valence-corrected chi connectivity index (χ3v) is 4.93. The number of likely N-dealkylation sites (tertiary alicyclic amines) is 1. The number of ether oxygens (including phenoxy) is 1. The van der Waals surface area contributed by atoms with Crippen LogP contribution in [-0.2, 0) is 0 Å². The average molecular weight is 424 g/mol. The quantitative estimate of drug-likeness (QED) is 0.530. The predicted molar refractivity (Wildman–Crippen MR) is 112 cm³/mol. The van der Waals surface area contributed by atoms with Crippen molar-refractivity contribution in [2.75, 3.05) is 24.1 Å². The van der Waals surface area contributed by atoms with E-state index in [0.29, 0.717) is 30.3 Å². The lowest BCUT2D eigenvalue weighted by molar-refractivity contribution is 0.132. The van der Waals surface area contributed by atoms with Crippen LogP contribution in [0.4, 0.5) is 20.8 Å². The predicted octanol–water partition coefficient (Wildman–Crippen LogP) is 3.61. The second-order valence-electron chi connectivity index (χ2n) is 7.10. The average Bonchev–Trinajstić information content (AvgIpc) is 2.78. The molecule has 1 atom stereocenters. The molecule has 1 saturated heterocycles. The Balaban J connectivity index is 1.57. The SMILES string of the molecule is Nc1cccc(Oc2ncccc2-c2ccnc(N[C@H]3CCCN(C(=O)O)C3)n2)c1F. The first kappa shape index (κ1) is 20.3. The van der Waals surface area contributed by atoms with Crippen molar-refractivity contribution in [1.82, 2.24) is 19.9 Å². The van der Waals surface area contributed by atoms with Gasteiger partial charge in [-0.2, -0.15) is 0 Å².